The van der Waals surface area contributed by atoms with Gasteiger partial charge in [0.1, 0.15) is 5.75 Å². The summed E-state index contributed by atoms with van der Waals surface area (Å²) >= 11 is 0. The molecule has 2 aromatic carbocycles. The summed E-state index contributed by atoms with van der Waals surface area (Å²) < 4.78 is 10.3. The predicted molar refractivity (Wildman–Crippen MR) is 117 cm³/mol. The fourth-order valence-corrected chi connectivity index (χ4v) is 3.99. The van der Waals surface area contributed by atoms with Gasteiger partial charge in [-0.1, -0.05) is 12.1 Å². The summed E-state index contributed by atoms with van der Waals surface area (Å²) in [6.45, 7) is 0.882. The minimum absolute atomic E-state index is 0. The largest absolute Gasteiger partial charge is 0.497 e. The summed E-state index contributed by atoms with van der Waals surface area (Å²) in [6.07, 6.45) is 5.08. The molecular weight excluding hydrogens is 467 g/mol. The van der Waals surface area contributed by atoms with Gasteiger partial charge in [0.15, 0.2) is 0 Å². The number of methoxy groups -OCH3 is 2. The highest BCUT2D eigenvalue weighted by atomic mass is 127. The molecule has 2 aromatic rings. The van der Waals surface area contributed by atoms with Crippen molar-refractivity contribution in [2.45, 2.75) is 6.42 Å². The molecule has 5 rings (SSSR count). The van der Waals surface area contributed by atoms with Crippen LogP contribution in [0.1, 0.15) is 16.8 Å². The minimum Gasteiger partial charge on any atom is -0.497 e. The zero-order chi connectivity index (χ0) is 18.5. The highest BCUT2D eigenvalue weighted by Crippen LogP contribution is 2.31. The molecule has 0 N–H and O–H groups in total. The van der Waals surface area contributed by atoms with Crippen molar-refractivity contribution < 1.29 is 14.3 Å². The molecule has 0 saturated heterocycles. The fourth-order valence-electron chi connectivity index (χ4n) is 3.99. The normalized spacial score (nSPS) is 15.6. The molecule has 0 amide bonds. The summed E-state index contributed by atoms with van der Waals surface area (Å²) in [4.78, 5) is 19.3. The standard InChI is InChI=1S/C22H18N2O3.HI/c1-26-14-6-7-15-16-8-9-24-12-13-4-3-5-17(22(25)27-2)18(13)11-20(24)21(16)23-19(15)10-14;/h3-7,10-12H,8-9H2,1-2H3;1H. The third-order valence-corrected chi connectivity index (χ3v) is 5.32. The van der Waals surface area contributed by atoms with Gasteiger partial charge in [-0.2, -0.15) is 0 Å². The topological polar surface area (TPSA) is 51.1 Å². The van der Waals surface area contributed by atoms with Crippen LogP contribution in [-0.2, 0) is 4.74 Å². The first-order valence-corrected chi connectivity index (χ1v) is 8.88. The van der Waals surface area contributed by atoms with Gasteiger partial charge in [-0.05, 0) is 46.7 Å². The molecule has 0 radical (unpaired) electrons. The summed E-state index contributed by atoms with van der Waals surface area (Å²) in [7, 11) is 3.07. The molecule has 3 aliphatic heterocycles. The van der Waals surface area contributed by atoms with Gasteiger partial charge < -0.3 is 14.4 Å². The quantitative estimate of drug-likeness (QED) is 0.471. The van der Waals surface area contributed by atoms with Gasteiger partial charge in [0.2, 0.25) is 0 Å². The van der Waals surface area contributed by atoms with Crippen molar-refractivity contribution in [3.63, 3.8) is 0 Å². The Morgan fingerprint density at radius 3 is 2.82 bits per heavy atom. The lowest BCUT2D eigenvalue weighted by atomic mass is 9.97. The van der Waals surface area contributed by atoms with Crippen molar-refractivity contribution in [2.24, 2.45) is 4.99 Å². The van der Waals surface area contributed by atoms with Crippen LogP contribution in [0, 0.1) is 0 Å². The second kappa shape index (κ2) is 7.09. The first kappa shape index (κ1) is 18.7. The molecule has 3 aliphatic rings. The lowest BCUT2D eigenvalue weighted by Gasteiger charge is -2.30. The van der Waals surface area contributed by atoms with Crippen molar-refractivity contribution in [1.29, 1.82) is 0 Å². The van der Waals surface area contributed by atoms with Crippen LogP contribution < -0.4 is 25.8 Å². The maximum absolute atomic E-state index is 12.2. The SMILES string of the molecule is COC(=O)c1cccc2c1=CC1=C3N=c4cc(OC)ccc4=C3CCN1C=2.I. The number of rotatable bonds is 2. The van der Waals surface area contributed by atoms with Crippen molar-refractivity contribution in [1.82, 2.24) is 4.90 Å². The number of fused-ring (bicyclic) bond motifs is 4. The molecule has 0 unspecified atom stereocenters. The van der Waals surface area contributed by atoms with E-state index in [0.29, 0.717) is 5.56 Å². The first-order valence-electron chi connectivity index (χ1n) is 8.88. The van der Waals surface area contributed by atoms with E-state index in [1.54, 1.807) is 13.2 Å². The van der Waals surface area contributed by atoms with Gasteiger partial charge in [0.05, 0.1) is 36.5 Å². The maximum atomic E-state index is 12.2. The van der Waals surface area contributed by atoms with E-state index in [1.807, 2.05) is 24.3 Å². The molecule has 6 heteroatoms. The number of hydrogen-bond donors (Lipinski definition) is 0. The van der Waals surface area contributed by atoms with Crippen LogP contribution in [0.3, 0.4) is 0 Å². The van der Waals surface area contributed by atoms with E-state index in [-0.39, 0.29) is 29.9 Å². The van der Waals surface area contributed by atoms with E-state index in [4.69, 9.17) is 14.5 Å². The van der Waals surface area contributed by atoms with E-state index in [9.17, 15) is 4.79 Å². The Hall–Kier alpha value is -2.61. The third-order valence-electron chi connectivity index (χ3n) is 5.32. The number of ether oxygens (including phenoxy) is 2. The van der Waals surface area contributed by atoms with Crippen molar-refractivity contribution in [2.75, 3.05) is 20.8 Å². The van der Waals surface area contributed by atoms with Crippen LogP contribution >= 0.6 is 24.0 Å². The molecule has 0 spiro atoms. The van der Waals surface area contributed by atoms with Crippen LogP contribution in [0.4, 0.5) is 0 Å². The Morgan fingerprint density at radius 2 is 2.04 bits per heavy atom. The van der Waals surface area contributed by atoms with Crippen LogP contribution in [0.15, 0.2) is 52.8 Å². The van der Waals surface area contributed by atoms with Crippen LogP contribution in [0.2, 0.25) is 0 Å². The zero-order valence-electron chi connectivity index (χ0n) is 15.6. The highest BCUT2D eigenvalue weighted by molar-refractivity contribution is 14.0. The minimum atomic E-state index is -0.327. The highest BCUT2D eigenvalue weighted by Gasteiger charge is 2.26. The molecule has 5 nitrogen and oxygen atoms in total. The number of allylic oxidation sites excluding steroid dienone is 2. The summed E-state index contributed by atoms with van der Waals surface area (Å²) in [5.41, 5.74) is 3.83. The van der Waals surface area contributed by atoms with Crippen LogP contribution in [0.5, 0.6) is 5.75 Å². The summed E-state index contributed by atoms with van der Waals surface area (Å²) in [5, 5.41) is 4.00. The van der Waals surface area contributed by atoms with Crippen molar-refractivity contribution in [3.8, 4) is 5.75 Å². The molecule has 0 atom stereocenters. The number of benzene rings is 2. The Labute approximate surface area is 179 Å². The van der Waals surface area contributed by atoms with Crippen LogP contribution in [0.25, 0.3) is 17.8 Å². The van der Waals surface area contributed by atoms with Crippen LogP contribution in [-0.4, -0.2) is 31.6 Å². The zero-order valence-corrected chi connectivity index (χ0v) is 17.9. The van der Waals surface area contributed by atoms with Gasteiger partial charge >= 0.3 is 5.97 Å². The smallest absolute Gasteiger partial charge is 0.338 e. The number of esters is 1. The molecule has 0 fully saturated rings. The predicted octanol–water partition coefficient (Wildman–Crippen LogP) is 1.03. The second-order valence-corrected chi connectivity index (χ2v) is 6.72. The van der Waals surface area contributed by atoms with Crippen molar-refractivity contribution >= 4 is 47.8 Å². The lowest BCUT2D eigenvalue weighted by molar-refractivity contribution is 0.0599. The third kappa shape index (κ3) is 2.74. The van der Waals surface area contributed by atoms with E-state index in [0.717, 1.165) is 45.9 Å². The molecule has 0 aromatic heterocycles. The average Bonchev–Trinajstić information content (AvgIpc) is 3.09. The number of nitrogens with zero attached hydrogens (tertiary/aromatic N) is 2. The Kier molecular flexibility index (Phi) is 4.74. The molecular formula is C22H19IN2O3. The van der Waals surface area contributed by atoms with E-state index < -0.39 is 0 Å². The Bertz CT molecular complexity index is 1280. The fraction of sp³-hybridized carbons (Fsp3) is 0.182. The molecule has 28 heavy (non-hydrogen) atoms. The van der Waals surface area contributed by atoms with E-state index in [2.05, 4.69) is 23.2 Å². The molecule has 0 saturated carbocycles. The van der Waals surface area contributed by atoms with Gasteiger partial charge in [0, 0.05) is 24.0 Å². The first-order chi connectivity index (χ1) is 13.2. The molecule has 142 valence electrons. The monoisotopic (exact) mass is 486 g/mol. The van der Waals surface area contributed by atoms with Gasteiger partial charge in [-0.25, -0.2) is 9.79 Å². The second-order valence-electron chi connectivity index (χ2n) is 6.72. The Morgan fingerprint density at radius 1 is 1.18 bits per heavy atom. The Balaban J connectivity index is 0.00000192. The molecule has 0 bridgehead atoms. The van der Waals surface area contributed by atoms with Crippen molar-refractivity contribution in [3.05, 3.63) is 74.4 Å². The molecule has 3 heterocycles. The van der Waals surface area contributed by atoms with E-state index >= 15 is 0 Å². The summed E-state index contributed by atoms with van der Waals surface area (Å²) in [6, 6.07) is 11.7. The molecule has 0 aliphatic carbocycles. The summed E-state index contributed by atoms with van der Waals surface area (Å²) in [5.74, 6) is 0.476. The lowest BCUT2D eigenvalue weighted by Crippen LogP contribution is -2.40. The average molecular weight is 486 g/mol. The number of carbonyl (C=O) groups excluding carboxylic acids is 1. The van der Waals surface area contributed by atoms with Gasteiger partial charge in [0.25, 0.3) is 0 Å². The van der Waals surface area contributed by atoms with Gasteiger partial charge in [-0.3, -0.25) is 0 Å². The van der Waals surface area contributed by atoms with E-state index in [1.165, 1.54) is 17.9 Å². The number of carbonyl (C=O) groups is 1. The van der Waals surface area contributed by atoms with Gasteiger partial charge in [-0.15, -0.1) is 24.0 Å². The number of halogens is 1. The maximum Gasteiger partial charge on any atom is 0.338 e. The number of hydrogen-bond acceptors (Lipinski definition) is 5.